The SMILES string of the molecule is C[NH+](C)C[C@@H](NC(=O)/C=C/c1ccc2c(c1)OCCO2)c1ccccc1. The first kappa shape index (κ1) is 18.0. The fraction of sp³-hybridized carbons (Fsp3) is 0.286. The van der Waals surface area contributed by atoms with Gasteiger partial charge in [-0.3, -0.25) is 4.79 Å². The van der Waals surface area contributed by atoms with Crippen molar-refractivity contribution >= 4 is 12.0 Å². The summed E-state index contributed by atoms with van der Waals surface area (Å²) < 4.78 is 11.1. The Bertz CT molecular complexity index is 772. The number of hydrogen-bond acceptors (Lipinski definition) is 3. The van der Waals surface area contributed by atoms with Gasteiger partial charge in [-0.2, -0.15) is 0 Å². The number of benzene rings is 2. The third kappa shape index (κ3) is 4.86. The number of rotatable bonds is 6. The van der Waals surface area contributed by atoms with E-state index < -0.39 is 0 Å². The van der Waals surface area contributed by atoms with Gasteiger partial charge in [0, 0.05) is 6.08 Å². The summed E-state index contributed by atoms with van der Waals surface area (Å²) in [5, 5.41) is 3.09. The highest BCUT2D eigenvalue weighted by atomic mass is 16.6. The summed E-state index contributed by atoms with van der Waals surface area (Å²) >= 11 is 0. The highest BCUT2D eigenvalue weighted by Gasteiger charge is 2.16. The summed E-state index contributed by atoms with van der Waals surface area (Å²) in [5.41, 5.74) is 2.01. The largest absolute Gasteiger partial charge is 0.486 e. The summed E-state index contributed by atoms with van der Waals surface area (Å²) in [6.45, 7) is 1.93. The van der Waals surface area contributed by atoms with Crippen LogP contribution in [0.2, 0.25) is 0 Å². The number of likely N-dealkylation sites (N-methyl/N-ethyl adjacent to an activating group) is 1. The Balaban J connectivity index is 1.67. The van der Waals surface area contributed by atoms with Gasteiger partial charge in [-0.05, 0) is 29.3 Å². The number of carbonyl (C=O) groups is 1. The first-order valence-electron chi connectivity index (χ1n) is 8.84. The van der Waals surface area contributed by atoms with Crippen LogP contribution in [0.3, 0.4) is 0 Å². The van der Waals surface area contributed by atoms with Crippen LogP contribution >= 0.6 is 0 Å². The molecule has 2 aromatic carbocycles. The van der Waals surface area contributed by atoms with E-state index in [1.807, 2.05) is 48.5 Å². The first-order chi connectivity index (χ1) is 12.6. The molecule has 26 heavy (non-hydrogen) atoms. The van der Waals surface area contributed by atoms with Gasteiger partial charge in [-0.15, -0.1) is 0 Å². The molecule has 5 nitrogen and oxygen atoms in total. The molecule has 0 bridgehead atoms. The van der Waals surface area contributed by atoms with Crippen LogP contribution in [-0.2, 0) is 4.79 Å². The normalized spacial score (nSPS) is 14.4. The average molecular weight is 353 g/mol. The van der Waals surface area contributed by atoms with Crippen molar-refractivity contribution < 1.29 is 19.2 Å². The van der Waals surface area contributed by atoms with Gasteiger partial charge in [0.05, 0.1) is 14.1 Å². The van der Waals surface area contributed by atoms with E-state index in [9.17, 15) is 4.79 Å². The zero-order valence-electron chi connectivity index (χ0n) is 15.2. The average Bonchev–Trinajstić information content (AvgIpc) is 2.66. The second-order valence-electron chi connectivity index (χ2n) is 6.62. The second-order valence-corrected chi connectivity index (χ2v) is 6.62. The van der Waals surface area contributed by atoms with Crippen LogP contribution in [0.15, 0.2) is 54.6 Å². The van der Waals surface area contributed by atoms with E-state index in [4.69, 9.17) is 9.47 Å². The van der Waals surface area contributed by atoms with Crippen molar-refractivity contribution in [3.63, 3.8) is 0 Å². The molecule has 3 rings (SSSR count). The molecule has 0 fully saturated rings. The quantitative estimate of drug-likeness (QED) is 0.774. The predicted molar refractivity (Wildman–Crippen MR) is 101 cm³/mol. The van der Waals surface area contributed by atoms with E-state index in [0.29, 0.717) is 13.2 Å². The maximum Gasteiger partial charge on any atom is 0.244 e. The fourth-order valence-corrected chi connectivity index (χ4v) is 2.90. The molecule has 1 amide bonds. The first-order valence-corrected chi connectivity index (χ1v) is 8.84. The molecule has 0 aliphatic carbocycles. The van der Waals surface area contributed by atoms with E-state index in [2.05, 4.69) is 19.4 Å². The van der Waals surface area contributed by atoms with E-state index in [1.54, 1.807) is 12.2 Å². The van der Waals surface area contributed by atoms with Gasteiger partial charge in [0.1, 0.15) is 25.8 Å². The highest BCUT2D eigenvalue weighted by molar-refractivity contribution is 5.92. The highest BCUT2D eigenvalue weighted by Crippen LogP contribution is 2.31. The van der Waals surface area contributed by atoms with Crippen LogP contribution in [0.1, 0.15) is 17.2 Å². The summed E-state index contributed by atoms with van der Waals surface area (Å²) in [6.07, 6.45) is 3.35. The molecule has 2 aromatic rings. The lowest BCUT2D eigenvalue weighted by Crippen LogP contribution is -3.06. The molecular formula is C21H25N2O3+. The van der Waals surface area contributed by atoms with Crippen molar-refractivity contribution in [2.24, 2.45) is 0 Å². The molecule has 1 atom stereocenters. The van der Waals surface area contributed by atoms with Crippen molar-refractivity contribution in [2.45, 2.75) is 6.04 Å². The summed E-state index contributed by atoms with van der Waals surface area (Å²) in [5.74, 6) is 1.35. The Kier molecular flexibility index (Phi) is 5.92. The monoisotopic (exact) mass is 353 g/mol. The number of nitrogens with one attached hydrogen (secondary N) is 2. The van der Waals surface area contributed by atoms with Crippen LogP contribution < -0.4 is 19.7 Å². The molecule has 136 valence electrons. The van der Waals surface area contributed by atoms with Gasteiger partial charge in [0.15, 0.2) is 11.5 Å². The Labute approximate surface area is 154 Å². The number of quaternary nitrogens is 1. The smallest absolute Gasteiger partial charge is 0.244 e. The summed E-state index contributed by atoms with van der Waals surface area (Å²) in [7, 11) is 4.15. The molecule has 1 aliphatic heterocycles. The van der Waals surface area contributed by atoms with Gasteiger partial charge in [-0.1, -0.05) is 36.4 Å². The minimum atomic E-state index is -0.116. The fourth-order valence-electron chi connectivity index (χ4n) is 2.90. The van der Waals surface area contributed by atoms with E-state index in [1.165, 1.54) is 4.90 Å². The minimum Gasteiger partial charge on any atom is -0.486 e. The lowest BCUT2D eigenvalue weighted by molar-refractivity contribution is -0.860. The predicted octanol–water partition coefficient (Wildman–Crippen LogP) is 1.47. The van der Waals surface area contributed by atoms with Crippen molar-refractivity contribution in [3.05, 3.63) is 65.7 Å². The summed E-state index contributed by atoms with van der Waals surface area (Å²) in [6, 6.07) is 15.7. The number of hydrogen-bond donors (Lipinski definition) is 2. The Morgan fingerprint density at radius 2 is 1.85 bits per heavy atom. The molecule has 0 unspecified atom stereocenters. The number of amides is 1. The molecule has 1 heterocycles. The number of fused-ring (bicyclic) bond motifs is 1. The van der Waals surface area contributed by atoms with Crippen LogP contribution in [0, 0.1) is 0 Å². The lowest BCUT2D eigenvalue weighted by Gasteiger charge is -2.20. The molecule has 2 N–H and O–H groups in total. The molecule has 0 saturated carbocycles. The molecule has 0 spiro atoms. The Morgan fingerprint density at radius 3 is 2.58 bits per heavy atom. The molecule has 0 radical (unpaired) electrons. The van der Waals surface area contributed by atoms with Crippen LogP contribution in [-0.4, -0.2) is 39.8 Å². The van der Waals surface area contributed by atoms with E-state index in [0.717, 1.165) is 29.2 Å². The minimum absolute atomic E-state index is 0.0291. The number of carbonyl (C=O) groups excluding carboxylic acids is 1. The maximum atomic E-state index is 12.4. The van der Waals surface area contributed by atoms with Crippen molar-refractivity contribution in [2.75, 3.05) is 33.9 Å². The van der Waals surface area contributed by atoms with Crippen molar-refractivity contribution in [1.82, 2.24) is 5.32 Å². The third-order valence-corrected chi connectivity index (χ3v) is 4.12. The van der Waals surface area contributed by atoms with E-state index >= 15 is 0 Å². The summed E-state index contributed by atoms with van der Waals surface area (Å²) in [4.78, 5) is 13.7. The lowest BCUT2D eigenvalue weighted by atomic mass is 10.1. The van der Waals surface area contributed by atoms with Gasteiger partial charge in [0.25, 0.3) is 0 Å². The van der Waals surface area contributed by atoms with Gasteiger partial charge in [-0.25, -0.2) is 0 Å². The van der Waals surface area contributed by atoms with Crippen LogP contribution in [0.4, 0.5) is 0 Å². The second kappa shape index (κ2) is 8.54. The van der Waals surface area contributed by atoms with Crippen molar-refractivity contribution in [1.29, 1.82) is 0 Å². The molecule has 1 aliphatic rings. The Hall–Kier alpha value is -2.79. The Morgan fingerprint density at radius 1 is 1.12 bits per heavy atom. The van der Waals surface area contributed by atoms with E-state index in [-0.39, 0.29) is 11.9 Å². The zero-order chi connectivity index (χ0) is 18.4. The molecule has 5 heteroatoms. The molecule has 0 saturated heterocycles. The zero-order valence-corrected chi connectivity index (χ0v) is 15.2. The van der Waals surface area contributed by atoms with Crippen LogP contribution in [0.25, 0.3) is 6.08 Å². The van der Waals surface area contributed by atoms with Gasteiger partial charge in [0.2, 0.25) is 5.91 Å². The van der Waals surface area contributed by atoms with Gasteiger partial charge >= 0.3 is 0 Å². The van der Waals surface area contributed by atoms with Crippen molar-refractivity contribution in [3.8, 4) is 11.5 Å². The topological polar surface area (TPSA) is 52.0 Å². The molecule has 0 aromatic heterocycles. The standard InChI is InChI=1S/C21H24N2O3/c1-23(2)15-18(17-6-4-3-5-7-17)22-21(24)11-9-16-8-10-19-20(14-16)26-13-12-25-19/h3-11,14,18H,12-13,15H2,1-2H3,(H,22,24)/p+1/b11-9+/t18-/m1/s1. The number of ether oxygens (including phenoxy) is 2. The third-order valence-electron chi connectivity index (χ3n) is 4.12. The maximum absolute atomic E-state index is 12.4. The van der Waals surface area contributed by atoms with Gasteiger partial charge < -0.3 is 19.7 Å². The molecular weight excluding hydrogens is 328 g/mol. The van der Waals surface area contributed by atoms with Crippen LogP contribution in [0.5, 0.6) is 11.5 Å².